The van der Waals surface area contributed by atoms with E-state index >= 15 is 0 Å². The van der Waals surface area contributed by atoms with Crippen LogP contribution in [0.4, 0.5) is 0 Å². The lowest BCUT2D eigenvalue weighted by Gasteiger charge is -2.38. The number of nitrogens with zero attached hydrogens (tertiary/aromatic N) is 1. The Morgan fingerprint density at radius 3 is 2.56 bits per heavy atom. The Hall–Kier alpha value is -2.09. The monoisotopic (exact) mass is 473 g/mol. The average molecular weight is 474 g/mol. The molecule has 1 N–H and O–H groups in total. The van der Waals surface area contributed by atoms with Crippen LogP contribution >= 0.6 is 22.9 Å². The van der Waals surface area contributed by atoms with Gasteiger partial charge in [0.05, 0.1) is 39.6 Å². The molecule has 0 aliphatic carbocycles. The molecule has 1 aromatic heterocycles. The van der Waals surface area contributed by atoms with Crippen LogP contribution in [-0.2, 0) is 17.8 Å². The standard InChI is InChI=1S/C25H28ClNO4S/c1-29-22-12-18-9-10-27(14-20(28)16-31-15-17-5-7-19(26)8-6-17)25(24-4-3-11-32-24)21(18)13-23(22)30-2/h3-8,11-13,20,25,28H,9-10,14-16H2,1-2H3/t20-,25-/m1/s1. The lowest BCUT2D eigenvalue weighted by Crippen LogP contribution is -2.41. The number of halogens is 1. The van der Waals surface area contributed by atoms with Crippen molar-refractivity contribution in [3.63, 3.8) is 0 Å². The van der Waals surface area contributed by atoms with E-state index in [0.717, 1.165) is 30.0 Å². The Labute approximate surface area is 198 Å². The predicted octanol–water partition coefficient (Wildman–Crippen LogP) is 4.94. The van der Waals surface area contributed by atoms with Crippen LogP contribution in [0, 0.1) is 0 Å². The maximum Gasteiger partial charge on any atom is 0.161 e. The summed E-state index contributed by atoms with van der Waals surface area (Å²) in [6.45, 7) is 2.09. The molecule has 2 atom stereocenters. The van der Waals surface area contributed by atoms with Crippen LogP contribution in [0.15, 0.2) is 53.9 Å². The molecule has 4 rings (SSSR count). The molecule has 0 amide bonds. The number of rotatable bonds is 9. The van der Waals surface area contributed by atoms with E-state index in [9.17, 15) is 5.11 Å². The predicted molar refractivity (Wildman–Crippen MR) is 128 cm³/mol. The molecule has 32 heavy (non-hydrogen) atoms. The molecule has 1 aliphatic heterocycles. The van der Waals surface area contributed by atoms with Crippen molar-refractivity contribution < 1.29 is 19.3 Å². The summed E-state index contributed by atoms with van der Waals surface area (Å²) in [5.74, 6) is 1.47. The topological polar surface area (TPSA) is 51.2 Å². The molecule has 0 bridgehead atoms. The van der Waals surface area contributed by atoms with Gasteiger partial charge in [0.2, 0.25) is 0 Å². The zero-order chi connectivity index (χ0) is 22.5. The lowest BCUT2D eigenvalue weighted by molar-refractivity contribution is 0.00401. The molecule has 5 nitrogen and oxygen atoms in total. The van der Waals surface area contributed by atoms with E-state index < -0.39 is 6.10 Å². The summed E-state index contributed by atoms with van der Waals surface area (Å²) < 4.78 is 16.8. The van der Waals surface area contributed by atoms with Gasteiger partial charge in [-0.2, -0.15) is 0 Å². The van der Waals surface area contributed by atoms with Crippen LogP contribution < -0.4 is 9.47 Å². The maximum absolute atomic E-state index is 10.7. The first-order valence-electron chi connectivity index (χ1n) is 10.6. The van der Waals surface area contributed by atoms with E-state index in [-0.39, 0.29) is 12.6 Å². The van der Waals surface area contributed by atoms with Gasteiger partial charge in [0, 0.05) is 23.0 Å². The molecule has 0 spiro atoms. The second-order valence-electron chi connectivity index (χ2n) is 7.86. The summed E-state index contributed by atoms with van der Waals surface area (Å²) >= 11 is 7.66. The molecule has 0 unspecified atom stereocenters. The molecule has 0 saturated carbocycles. The Kier molecular flexibility index (Phi) is 7.71. The third-order valence-corrected chi connectivity index (χ3v) is 6.90. The minimum Gasteiger partial charge on any atom is -0.493 e. The molecular weight excluding hydrogens is 446 g/mol. The molecule has 0 saturated heterocycles. The molecule has 1 aliphatic rings. The van der Waals surface area contributed by atoms with Crippen LogP contribution in [0.5, 0.6) is 11.5 Å². The van der Waals surface area contributed by atoms with E-state index in [2.05, 4.69) is 34.5 Å². The first-order chi connectivity index (χ1) is 15.6. The Bertz CT molecular complexity index is 1010. The van der Waals surface area contributed by atoms with Gasteiger partial charge in [0.1, 0.15) is 0 Å². The van der Waals surface area contributed by atoms with E-state index in [1.165, 1.54) is 16.0 Å². The van der Waals surface area contributed by atoms with Crippen LogP contribution in [0.3, 0.4) is 0 Å². The lowest BCUT2D eigenvalue weighted by atomic mass is 9.90. The number of aliphatic hydroxyl groups is 1. The van der Waals surface area contributed by atoms with Gasteiger partial charge in [-0.3, -0.25) is 4.90 Å². The van der Waals surface area contributed by atoms with E-state index in [0.29, 0.717) is 18.2 Å². The second kappa shape index (κ2) is 10.7. The van der Waals surface area contributed by atoms with Crippen molar-refractivity contribution in [2.45, 2.75) is 25.2 Å². The van der Waals surface area contributed by atoms with Gasteiger partial charge in [-0.25, -0.2) is 0 Å². The summed E-state index contributed by atoms with van der Waals surface area (Å²) in [7, 11) is 3.32. The van der Waals surface area contributed by atoms with Gasteiger partial charge in [-0.1, -0.05) is 29.8 Å². The van der Waals surface area contributed by atoms with Crippen LogP contribution in [0.2, 0.25) is 5.02 Å². The Morgan fingerprint density at radius 1 is 1.12 bits per heavy atom. The fourth-order valence-corrected chi connectivity index (χ4v) is 5.19. The summed E-state index contributed by atoms with van der Waals surface area (Å²) in [4.78, 5) is 3.57. The van der Waals surface area contributed by atoms with Crippen LogP contribution in [0.25, 0.3) is 0 Å². The third kappa shape index (κ3) is 5.27. The highest BCUT2D eigenvalue weighted by Gasteiger charge is 2.32. The number of methoxy groups -OCH3 is 2. The number of hydrogen-bond donors (Lipinski definition) is 1. The van der Waals surface area contributed by atoms with Gasteiger partial charge in [-0.15, -0.1) is 11.3 Å². The molecule has 3 aromatic rings. The van der Waals surface area contributed by atoms with Gasteiger partial charge in [0.15, 0.2) is 11.5 Å². The number of β-amino-alcohol motifs (C(OH)–C–C–N with tert-alkyl or cyclic N) is 1. The van der Waals surface area contributed by atoms with Crippen molar-refractivity contribution in [1.82, 2.24) is 4.90 Å². The fourth-order valence-electron chi connectivity index (χ4n) is 4.19. The minimum absolute atomic E-state index is 0.0597. The molecule has 2 heterocycles. The number of hydrogen-bond acceptors (Lipinski definition) is 6. The number of thiophene rings is 1. The molecule has 7 heteroatoms. The van der Waals surface area contributed by atoms with Crippen LogP contribution in [0.1, 0.15) is 27.6 Å². The second-order valence-corrected chi connectivity index (χ2v) is 9.28. The van der Waals surface area contributed by atoms with Gasteiger partial charge >= 0.3 is 0 Å². The SMILES string of the molecule is COc1cc2c(cc1OC)[C@H](c1cccs1)N(C[C@@H](O)COCc1ccc(Cl)cc1)CC2. The van der Waals surface area contributed by atoms with Crippen molar-refractivity contribution in [2.75, 3.05) is 33.9 Å². The zero-order valence-corrected chi connectivity index (χ0v) is 19.9. The normalized spacial score (nSPS) is 17.1. The van der Waals surface area contributed by atoms with E-state index in [1.807, 2.05) is 24.3 Å². The Morgan fingerprint density at radius 2 is 1.88 bits per heavy atom. The van der Waals surface area contributed by atoms with Gasteiger partial charge in [0.25, 0.3) is 0 Å². The largest absolute Gasteiger partial charge is 0.493 e. The maximum atomic E-state index is 10.7. The summed E-state index contributed by atoms with van der Waals surface area (Å²) in [6.07, 6.45) is 0.294. The minimum atomic E-state index is -0.591. The number of fused-ring (bicyclic) bond motifs is 1. The third-order valence-electron chi connectivity index (χ3n) is 5.72. The molecule has 0 fully saturated rings. The highest BCUT2D eigenvalue weighted by molar-refractivity contribution is 7.10. The van der Waals surface area contributed by atoms with Gasteiger partial charge in [-0.05, 0) is 58.8 Å². The number of benzene rings is 2. The first kappa shape index (κ1) is 23.1. The first-order valence-corrected chi connectivity index (χ1v) is 11.9. The molecule has 170 valence electrons. The average Bonchev–Trinajstić information content (AvgIpc) is 3.33. The summed E-state index contributed by atoms with van der Waals surface area (Å²) in [6, 6.07) is 16.0. The highest BCUT2D eigenvalue weighted by atomic mass is 35.5. The van der Waals surface area contributed by atoms with Crippen molar-refractivity contribution in [3.05, 3.63) is 80.5 Å². The van der Waals surface area contributed by atoms with Crippen molar-refractivity contribution in [3.8, 4) is 11.5 Å². The highest BCUT2D eigenvalue weighted by Crippen LogP contribution is 2.42. The van der Waals surface area contributed by atoms with Crippen molar-refractivity contribution >= 4 is 22.9 Å². The molecule has 2 aromatic carbocycles. The van der Waals surface area contributed by atoms with Crippen molar-refractivity contribution in [2.24, 2.45) is 0 Å². The van der Waals surface area contributed by atoms with Crippen LogP contribution in [-0.4, -0.2) is 50.0 Å². The quantitative estimate of drug-likeness (QED) is 0.477. The fraction of sp³-hybridized carbons (Fsp3) is 0.360. The Balaban J connectivity index is 1.47. The smallest absolute Gasteiger partial charge is 0.161 e. The molecule has 0 radical (unpaired) electrons. The molecular formula is C25H28ClNO4S. The summed E-state index contributed by atoms with van der Waals surface area (Å²) in [5.41, 5.74) is 3.49. The number of ether oxygens (including phenoxy) is 3. The zero-order valence-electron chi connectivity index (χ0n) is 18.3. The number of aliphatic hydroxyl groups excluding tert-OH is 1. The van der Waals surface area contributed by atoms with E-state index in [4.69, 9.17) is 25.8 Å². The van der Waals surface area contributed by atoms with Crippen molar-refractivity contribution in [1.29, 1.82) is 0 Å². The summed E-state index contributed by atoms with van der Waals surface area (Å²) in [5, 5.41) is 13.5. The van der Waals surface area contributed by atoms with Gasteiger partial charge < -0.3 is 19.3 Å². The van der Waals surface area contributed by atoms with E-state index in [1.54, 1.807) is 25.6 Å².